The summed E-state index contributed by atoms with van der Waals surface area (Å²) in [7, 11) is 0. The van der Waals surface area contributed by atoms with Crippen molar-refractivity contribution in [1.29, 1.82) is 0 Å². The quantitative estimate of drug-likeness (QED) is 0.575. The molecule has 30 heavy (non-hydrogen) atoms. The highest BCUT2D eigenvalue weighted by atomic mass is 16.2. The number of benzene rings is 2. The molecule has 0 unspecified atom stereocenters. The van der Waals surface area contributed by atoms with E-state index in [9.17, 15) is 9.59 Å². The second kappa shape index (κ2) is 12.2. The Morgan fingerprint density at radius 2 is 1.50 bits per heavy atom. The third-order valence-corrected chi connectivity index (χ3v) is 5.64. The van der Waals surface area contributed by atoms with Crippen molar-refractivity contribution in [3.63, 3.8) is 0 Å². The number of carbonyl (C=O) groups is 2. The summed E-state index contributed by atoms with van der Waals surface area (Å²) in [6.07, 6.45) is 3.53. The maximum atomic E-state index is 13.3. The van der Waals surface area contributed by atoms with Crippen molar-refractivity contribution < 1.29 is 9.59 Å². The van der Waals surface area contributed by atoms with Crippen LogP contribution in [-0.2, 0) is 29.0 Å². The molecule has 4 nitrogen and oxygen atoms in total. The monoisotopic (exact) mass is 408 g/mol. The average Bonchev–Trinajstić information content (AvgIpc) is 2.78. The Labute approximate surface area is 181 Å². The van der Waals surface area contributed by atoms with Gasteiger partial charge >= 0.3 is 0 Å². The second-order valence-corrected chi connectivity index (χ2v) is 7.92. The van der Waals surface area contributed by atoms with Gasteiger partial charge in [-0.1, -0.05) is 75.4 Å². The molecule has 2 atom stereocenters. The number of nitrogens with one attached hydrogen (secondary N) is 1. The summed E-state index contributed by atoms with van der Waals surface area (Å²) >= 11 is 0. The summed E-state index contributed by atoms with van der Waals surface area (Å²) in [6.45, 7) is 8.59. The molecule has 2 amide bonds. The van der Waals surface area contributed by atoms with E-state index in [4.69, 9.17) is 0 Å². The van der Waals surface area contributed by atoms with Gasteiger partial charge in [-0.2, -0.15) is 0 Å². The van der Waals surface area contributed by atoms with Gasteiger partial charge in [-0.15, -0.1) is 0 Å². The van der Waals surface area contributed by atoms with Crippen molar-refractivity contribution in [2.24, 2.45) is 0 Å². The molecule has 4 heteroatoms. The first-order chi connectivity index (χ1) is 14.5. The molecule has 1 N–H and O–H groups in total. The summed E-state index contributed by atoms with van der Waals surface area (Å²) in [6, 6.07) is 18.0. The van der Waals surface area contributed by atoms with Gasteiger partial charge in [0.2, 0.25) is 11.8 Å². The molecule has 0 aliphatic rings. The third kappa shape index (κ3) is 7.01. The normalized spacial score (nSPS) is 12.8. The van der Waals surface area contributed by atoms with Crippen LogP contribution < -0.4 is 5.32 Å². The molecule has 162 valence electrons. The molecule has 0 saturated heterocycles. The highest BCUT2D eigenvalue weighted by molar-refractivity contribution is 5.87. The maximum absolute atomic E-state index is 13.3. The number of hydrogen-bond acceptors (Lipinski definition) is 2. The van der Waals surface area contributed by atoms with Crippen molar-refractivity contribution in [2.75, 3.05) is 0 Å². The predicted molar refractivity (Wildman–Crippen MR) is 123 cm³/mol. The summed E-state index contributed by atoms with van der Waals surface area (Å²) in [5, 5.41) is 3.06. The van der Waals surface area contributed by atoms with Crippen LogP contribution in [0.2, 0.25) is 0 Å². The number of nitrogens with zero attached hydrogens (tertiary/aromatic N) is 1. The summed E-state index contributed by atoms with van der Waals surface area (Å²) < 4.78 is 0. The Hall–Kier alpha value is -2.62. The lowest BCUT2D eigenvalue weighted by Crippen LogP contribution is -2.50. The number of carbonyl (C=O) groups excluding carboxylic acids is 2. The van der Waals surface area contributed by atoms with E-state index in [0.29, 0.717) is 25.8 Å². The van der Waals surface area contributed by atoms with Gasteiger partial charge in [0.1, 0.15) is 6.04 Å². The molecular weight excluding hydrogens is 372 g/mol. The molecule has 0 fully saturated rings. The van der Waals surface area contributed by atoms with Gasteiger partial charge in [-0.3, -0.25) is 9.59 Å². The highest BCUT2D eigenvalue weighted by Gasteiger charge is 2.28. The van der Waals surface area contributed by atoms with Crippen LogP contribution >= 0.6 is 0 Å². The van der Waals surface area contributed by atoms with Crippen molar-refractivity contribution in [2.45, 2.75) is 78.4 Å². The molecule has 2 aromatic rings. The Morgan fingerprint density at radius 1 is 0.867 bits per heavy atom. The highest BCUT2D eigenvalue weighted by Crippen LogP contribution is 2.16. The van der Waals surface area contributed by atoms with Gasteiger partial charge in [0.15, 0.2) is 0 Å². The van der Waals surface area contributed by atoms with Crippen LogP contribution in [0.1, 0.15) is 63.6 Å². The molecule has 0 radical (unpaired) electrons. The second-order valence-electron chi connectivity index (χ2n) is 7.92. The standard InChI is InChI=1S/C26H36N2O2/c1-5-20(4)27-26(30)24(7-3)28(19-23-11-9-8-10-12-23)25(29)18-17-22-15-13-21(6-2)14-16-22/h8-16,20,24H,5-7,17-19H2,1-4H3,(H,27,30)/t20-,24+/m0/s1. The van der Waals surface area contributed by atoms with Crippen molar-refractivity contribution in [1.82, 2.24) is 10.2 Å². The van der Waals surface area contributed by atoms with Gasteiger partial charge in [-0.25, -0.2) is 0 Å². The molecule has 0 saturated carbocycles. The van der Waals surface area contributed by atoms with Crippen LogP contribution in [0.25, 0.3) is 0 Å². The van der Waals surface area contributed by atoms with Gasteiger partial charge in [-0.05, 0) is 49.3 Å². The van der Waals surface area contributed by atoms with E-state index in [0.717, 1.165) is 24.0 Å². The number of amides is 2. The van der Waals surface area contributed by atoms with Crippen molar-refractivity contribution >= 4 is 11.8 Å². The van der Waals surface area contributed by atoms with E-state index in [1.807, 2.05) is 51.1 Å². The van der Waals surface area contributed by atoms with E-state index in [1.165, 1.54) is 5.56 Å². The molecule has 0 aliphatic heterocycles. The van der Waals surface area contributed by atoms with Gasteiger partial charge in [0.25, 0.3) is 0 Å². The predicted octanol–water partition coefficient (Wildman–Crippen LogP) is 4.90. The molecular formula is C26H36N2O2. The Morgan fingerprint density at radius 3 is 2.07 bits per heavy atom. The first-order valence-corrected chi connectivity index (χ1v) is 11.2. The van der Waals surface area contributed by atoms with E-state index in [1.54, 1.807) is 4.90 Å². The molecule has 0 aliphatic carbocycles. The third-order valence-electron chi connectivity index (χ3n) is 5.64. The number of rotatable bonds is 11. The minimum Gasteiger partial charge on any atom is -0.352 e. The van der Waals surface area contributed by atoms with Crippen LogP contribution in [-0.4, -0.2) is 28.8 Å². The van der Waals surface area contributed by atoms with Crippen LogP contribution in [0.3, 0.4) is 0 Å². The molecule has 0 bridgehead atoms. The zero-order chi connectivity index (χ0) is 21.9. The summed E-state index contributed by atoms with van der Waals surface area (Å²) in [5.74, 6) is -0.0481. The topological polar surface area (TPSA) is 49.4 Å². The van der Waals surface area contributed by atoms with Crippen LogP contribution in [0.15, 0.2) is 54.6 Å². The van der Waals surface area contributed by atoms with Gasteiger partial charge in [0.05, 0.1) is 0 Å². The molecule has 0 spiro atoms. The first-order valence-electron chi connectivity index (χ1n) is 11.2. The lowest BCUT2D eigenvalue weighted by Gasteiger charge is -2.31. The largest absolute Gasteiger partial charge is 0.352 e. The lowest BCUT2D eigenvalue weighted by atomic mass is 10.0. The summed E-state index contributed by atoms with van der Waals surface area (Å²) in [4.78, 5) is 27.9. The van der Waals surface area contributed by atoms with E-state index in [2.05, 4.69) is 36.5 Å². The lowest BCUT2D eigenvalue weighted by molar-refractivity contribution is -0.141. The van der Waals surface area contributed by atoms with Crippen LogP contribution in [0.4, 0.5) is 0 Å². The maximum Gasteiger partial charge on any atom is 0.243 e. The molecule has 0 heterocycles. The SMILES string of the molecule is CCc1ccc(CCC(=O)N(Cc2ccccc2)[C@H](CC)C(=O)N[C@@H](C)CC)cc1. The number of aryl methyl sites for hydroxylation is 2. The smallest absolute Gasteiger partial charge is 0.243 e. The van der Waals surface area contributed by atoms with E-state index in [-0.39, 0.29) is 17.9 Å². The minimum atomic E-state index is -0.464. The Balaban J connectivity index is 2.15. The zero-order valence-corrected chi connectivity index (χ0v) is 18.9. The fraction of sp³-hybridized carbons (Fsp3) is 0.462. The van der Waals surface area contributed by atoms with Gasteiger partial charge in [0, 0.05) is 19.0 Å². The molecule has 2 rings (SSSR count). The Bertz CT molecular complexity index is 786. The van der Waals surface area contributed by atoms with Crippen LogP contribution in [0.5, 0.6) is 0 Å². The van der Waals surface area contributed by atoms with E-state index >= 15 is 0 Å². The minimum absolute atomic E-state index is 0.0181. The average molecular weight is 409 g/mol. The molecule has 0 aromatic heterocycles. The van der Waals surface area contributed by atoms with Crippen molar-refractivity contribution in [3.8, 4) is 0 Å². The zero-order valence-electron chi connectivity index (χ0n) is 18.9. The van der Waals surface area contributed by atoms with Crippen molar-refractivity contribution in [3.05, 3.63) is 71.3 Å². The fourth-order valence-corrected chi connectivity index (χ4v) is 3.48. The fourth-order valence-electron chi connectivity index (χ4n) is 3.48. The number of hydrogen-bond donors (Lipinski definition) is 1. The molecule has 2 aromatic carbocycles. The Kier molecular flexibility index (Phi) is 9.59. The summed E-state index contributed by atoms with van der Waals surface area (Å²) in [5.41, 5.74) is 3.48. The van der Waals surface area contributed by atoms with Gasteiger partial charge < -0.3 is 10.2 Å². The van der Waals surface area contributed by atoms with Crippen LogP contribution in [0, 0.1) is 0 Å². The van der Waals surface area contributed by atoms with E-state index < -0.39 is 6.04 Å². The first kappa shape index (κ1) is 23.7.